The number of nitrogens with zero attached hydrogens (tertiary/aromatic N) is 1. The highest BCUT2D eigenvalue weighted by Crippen LogP contribution is 2.40. The lowest BCUT2D eigenvalue weighted by molar-refractivity contribution is -0.141. The number of nitrogens with one attached hydrogen (secondary N) is 1. The Labute approximate surface area is 192 Å². The Morgan fingerprint density at radius 1 is 1.09 bits per heavy atom. The zero-order valence-electron chi connectivity index (χ0n) is 19.0. The number of aromatic nitrogens is 1. The van der Waals surface area contributed by atoms with Crippen molar-refractivity contribution in [2.45, 2.75) is 57.7 Å². The second kappa shape index (κ2) is 10.1. The monoisotopic (exact) mass is 452 g/mol. The first kappa shape index (κ1) is 22.8. The molecule has 0 unspecified atom stereocenters. The van der Waals surface area contributed by atoms with Crippen LogP contribution >= 0.6 is 0 Å². The highest BCUT2D eigenvalue weighted by atomic mass is 19.1. The highest BCUT2D eigenvalue weighted by molar-refractivity contribution is 5.87. The lowest BCUT2D eigenvalue weighted by Gasteiger charge is -2.29. The summed E-state index contributed by atoms with van der Waals surface area (Å²) in [7, 11) is 1.36. The van der Waals surface area contributed by atoms with Crippen LogP contribution in [0.25, 0.3) is 10.9 Å². The molecule has 0 saturated heterocycles. The van der Waals surface area contributed by atoms with Gasteiger partial charge in [0.25, 0.3) is 0 Å². The number of carbonyl (C=O) groups excluding carboxylic acids is 2. The van der Waals surface area contributed by atoms with Crippen LogP contribution in [0.5, 0.6) is 0 Å². The zero-order chi connectivity index (χ0) is 23.4. The lowest BCUT2D eigenvalue weighted by Crippen LogP contribution is -2.37. The van der Waals surface area contributed by atoms with Crippen LogP contribution in [0.4, 0.5) is 9.18 Å². The van der Waals surface area contributed by atoms with Crippen LogP contribution < -0.4 is 5.32 Å². The number of esters is 1. The average Bonchev–Trinajstić information content (AvgIpc) is 3.09. The maximum atomic E-state index is 14.1. The van der Waals surface area contributed by atoms with E-state index in [0.29, 0.717) is 0 Å². The SMILES string of the molecule is COC(=O)Cn1c(C)c(C2CCC(NC(=O)OCc3ccccc3)CC2)c2cc(F)ccc21. The minimum Gasteiger partial charge on any atom is -0.468 e. The number of methoxy groups -OCH3 is 1. The van der Waals surface area contributed by atoms with Gasteiger partial charge in [-0.25, -0.2) is 9.18 Å². The van der Waals surface area contributed by atoms with Crippen molar-refractivity contribution < 1.29 is 23.5 Å². The van der Waals surface area contributed by atoms with E-state index in [-0.39, 0.29) is 36.9 Å². The molecule has 0 spiro atoms. The van der Waals surface area contributed by atoms with E-state index in [2.05, 4.69) is 5.32 Å². The average molecular weight is 453 g/mol. The summed E-state index contributed by atoms with van der Waals surface area (Å²) in [5.74, 6) is -0.408. The molecule has 1 aliphatic rings. The maximum absolute atomic E-state index is 14.1. The summed E-state index contributed by atoms with van der Waals surface area (Å²) in [4.78, 5) is 24.2. The number of halogens is 1. The Bertz CT molecular complexity index is 1130. The molecule has 1 aromatic heterocycles. The molecule has 174 valence electrons. The Morgan fingerprint density at radius 3 is 2.52 bits per heavy atom. The molecule has 1 fully saturated rings. The molecule has 7 heteroatoms. The van der Waals surface area contributed by atoms with Crippen molar-refractivity contribution in [3.05, 3.63) is 71.2 Å². The van der Waals surface area contributed by atoms with Crippen molar-refractivity contribution in [3.63, 3.8) is 0 Å². The molecule has 1 saturated carbocycles. The number of carbonyl (C=O) groups is 2. The van der Waals surface area contributed by atoms with E-state index in [9.17, 15) is 14.0 Å². The summed E-state index contributed by atoms with van der Waals surface area (Å²) < 4.78 is 26.2. The molecule has 1 amide bonds. The molecule has 0 radical (unpaired) electrons. The number of rotatable bonds is 6. The van der Waals surface area contributed by atoms with Crippen molar-refractivity contribution in [2.24, 2.45) is 0 Å². The Hall–Kier alpha value is -3.35. The van der Waals surface area contributed by atoms with Crippen LogP contribution in [0.1, 0.15) is 48.4 Å². The zero-order valence-corrected chi connectivity index (χ0v) is 19.0. The first-order chi connectivity index (χ1) is 16.0. The van der Waals surface area contributed by atoms with Crippen LogP contribution in [-0.4, -0.2) is 29.8 Å². The molecule has 1 N–H and O–H groups in total. The van der Waals surface area contributed by atoms with Gasteiger partial charge in [-0.1, -0.05) is 30.3 Å². The fraction of sp³-hybridized carbons (Fsp3) is 0.385. The van der Waals surface area contributed by atoms with Gasteiger partial charge in [0.1, 0.15) is 19.0 Å². The predicted octanol–water partition coefficient (Wildman–Crippen LogP) is 5.21. The molecule has 2 aromatic carbocycles. The van der Waals surface area contributed by atoms with E-state index >= 15 is 0 Å². The number of ether oxygens (including phenoxy) is 2. The minimum atomic E-state index is -0.407. The number of alkyl carbamates (subject to hydrolysis) is 1. The molecule has 33 heavy (non-hydrogen) atoms. The summed E-state index contributed by atoms with van der Waals surface area (Å²) in [5.41, 5.74) is 3.82. The van der Waals surface area contributed by atoms with E-state index in [1.165, 1.54) is 13.2 Å². The van der Waals surface area contributed by atoms with Crippen molar-refractivity contribution in [1.82, 2.24) is 9.88 Å². The van der Waals surface area contributed by atoms with Gasteiger partial charge in [0, 0.05) is 22.6 Å². The Kier molecular flexibility index (Phi) is 6.96. The number of benzene rings is 2. The third-order valence-corrected chi connectivity index (χ3v) is 6.52. The van der Waals surface area contributed by atoms with Crippen molar-refractivity contribution in [1.29, 1.82) is 0 Å². The molecule has 1 heterocycles. The predicted molar refractivity (Wildman–Crippen MR) is 123 cm³/mol. The number of hydrogen-bond donors (Lipinski definition) is 1. The van der Waals surface area contributed by atoms with Crippen LogP contribution in [-0.2, 0) is 27.4 Å². The smallest absolute Gasteiger partial charge is 0.407 e. The van der Waals surface area contributed by atoms with Crippen molar-refractivity contribution in [3.8, 4) is 0 Å². The van der Waals surface area contributed by atoms with Gasteiger partial charge in [0.05, 0.1) is 7.11 Å². The van der Waals surface area contributed by atoms with E-state index in [1.807, 2.05) is 41.8 Å². The van der Waals surface area contributed by atoms with Crippen LogP contribution in [0.3, 0.4) is 0 Å². The third-order valence-electron chi connectivity index (χ3n) is 6.52. The van der Waals surface area contributed by atoms with Gasteiger partial charge in [-0.2, -0.15) is 0 Å². The van der Waals surface area contributed by atoms with Crippen molar-refractivity contribution >= 4 is 23.0 Å². The first-order valence-corrected chi connectivity index (χ1v) is 11.3. The molecular formula is C26H29FN2O4. The van der Waals surface area contributed by atoms with E-state index in [0.717, 1.165) is 53.4 Å². The van der Waals surface area contributed by atoms with E-state index < -0.39 is 6.09 Å². The molecule has 0 aliphatic heterocycles. The van der Waals surface area contributed by atoms with Crippen LogP contribution in [0.2, 0.25) is 0 Å². The van der Waals surface area contributed by atoms with Gasteiger partial charge >= 0.3 is 12.1 Å². The molecule has 4 rings (SSSR count). The molecule has 6 nitrogen and oxygen atoms in total. The minimum absolute atomic E-state index is 0.0463. The summed E-state index contributed by atoms with van der Waals surface area (Å²) >= 11 is 0. The summed E-state index contributed by atoms with van der Waals surface area (Å²) in [5, 5.41) is 3.82. The summed E-state index contributed by atoms with van der Waals surface area (Å²) in [6.45, 7) is 2.31. The highest BCUT2D eigenvalue weighted by Gasteiger charge is 2.28. The second-order valence-corrected chi connectivity index (χ2v) is 8.58. The largest absolute Gasteiger partial charge is 0.468 e. The number of amides is 1. The Balaban J connectivity index is 1.42. The van der Waals surface area contributed by atoms with Gasteiger partial charge in [0.2, 0.25) is 0 Å². The number of fused-ring (bicyclic) bond motifs is 1. The standard InChI is InChI=1S/C26H29FN2O4/c1-17-25(22-14-20(27)10-13-23(22)29(17)15-24(30)32-2)19-8-11-21(12-9-19)28-26(31)33-16-18-6-4-3-5-7-18/h3-7,10,13-14,19,21H,8-9,11-12,15-16H2,1-2H3,(H,28,31). The van der Waals surface area contributed by atoms with E-state index in [1.54, 1.807) is 12.1 Å². The Morgan fingerprint density at radius 2 is 1.82 bits per heavy atom. The quantitative estimate of drug-likeness (QED) is 0.521. The third kappa shape index (κ3) is 5.18. The fourth-order valence-electron chi connectivity index (χ4n) is 4.85. The van der Waals surface area contributed by atoms with Gasteiger partial charge < -0.3 is 19.4 Å². The number of hydrogen-bond acceptors (Lipinski definition) is 4. The molecule has 0 bridgehead atoms. The summed E-state index contributed by atoms with van der Waals surface area (Å²) in [6, 6.07) is 14.3. The molecule has 3 aromatic rings. The normalized spacial score (nSPS) is 18.2. The van der Waals surface area contributed by atoms with Crippen LogP contribution in [0.15, 0.2) is 48.5 Å². The van der Waals surface area contributed by atoms with Crippen LogP contribution in [0, 0.1) is 12.7 Å². The van der Waals surface area contributed by atoms with Gasteiger partial charge in [0.15, 0.2) is 0 Å². The molecule has 0 atom stereocenters. The maximum Gasteiger partial charge on any atom is 0.407 e. The molecule has 1 aliphatic carbocycles. The molecular weight excluding hydrogens is 423 g/mol. The summed E-state index contributed by atoms with van der Waals surface area (Å²) in [6.07, 6.45) is 2.93. The first-order valence-electron chi connectivity index (χ1n) is 11.3. The second-order valence-electron chi connectivity index (χ2n) is 8.58. The van der Waals surface area contributed by atoms with Gasteiger partial charge in [-0.3, -0.25) is 4.79 Å². The lowest BCUT2D eigenvalue weighted by atomic mass is 9.80. The van der Waals surface area contributed by atoms with Crippen molar-refractivity contribution in [2.75, 3.05) is 7.11 Å². The fourth-order valence-corrected chi connectivity index (χ4v) is 4.85. The van der Waals surface area contributed by atoms with E-state index in [4.69, 9.17) is 9.47 Å². The van der Waals surface area contributed by atoms with Gasteiger partial charge in [-0.05, 0) is 67.9 Å². The topological polar surface area (TPSA) is 69.6 Å². The van der Waals surface area contributed by atoms with Gasteiger partial charge in [-0.15, -0.1) is 0 Å².